The fourth-order valence-corrected chi connectivity index (χ4v) is 2.78. The molecule has 3 aromatic rings. The highest BCUT2D eigenvalue weighted by Gasteiger charge is 2.16. The van der Waals surface area contributed by atoms with Crippen LogP contribution in [-0.4, -0.2) is 17.5 Å². The molecular weight excluding hydrogens is 306 g/mol. The fraction of sp³-hybridized carbons (Fsp3) is 0.130. The highest BCUT2D eigenvalue weighted by Crippen LogP contribution is 2.15. The Bertz CT molecular complexity index is 798. The maximum absolute atomic E-state index is 12.2. The monoisotopic (exact) mass is 327 g/mol. The lowest BCUT2D eigenvalue weighted by Crippen LogP contribution is -2.21. The molecule has 0 aromatic heterocycles. The average Bonchev–Trinajstić information content (AvgIpc) is 2.67. The Morgan fingerprint density at radius 1 is 0.760 bits per heavy atom. The van der Waals surface area contributed by atoms with Crippen LogP contribution in [0.25, 0.3) is 0 Å². The van der Waals surface area contributed by atoms with Gasteiger partial charge < -0.3 is 0 Å². The number of carbonyl (C=O) groups is 1. The number of carbonyl (C=O) groups excluding carboxylic acids is 1. The molecule has 2 nitrogen and oxygen atoms in total. The molecule has 1 unspecified atom stereocenters. The van der Waals surface area contributed by atoms with Crippen LogP contribution in [0.1, 0.15) is 23.6 Å². The van der Waals surface area contributed by atoms with E-state index in [1.165, 1.54) is 0 Å². The smallest absolute Gasteiger partial charge is 0.154 e. The first kappa shape index (κ1) is 16.8. The molecule has 124 valence electrons. The summed E-state index contributed by atoms with van der Waals surface area (Å²) >= 11 is 0. The molecule has 0 aliphatic rings. The van der Waals surface area contributed by atoms with Gasteiger partial charge >= 0.3 is 0 Å². The van der Waals surface area contributed by atoms with Crippen molar-refractivity contribution in [2.24, 2.45) is 4.99 Å². The van der Waals surface area contributed by atoms with Crippen molar-refractivity contribution in [1.29, 1.82) is 0 Å². The Hall–Kier alpha value is -3.00. The predicted molar refractivity (Wildman–Crippen MR) is 103 cm³/mol. The van der Waals surface area contributed by atoms with Gasteiger partial charge in [0, 0.05) is 17.5 Å². The van der Waals surface area contributed by atoms with E-state index in [-0.39, 0.29) is 5.78 Å². The second-order valence-electron chi connectivity index (χ2n) is 6.03. The lowest BCUT2D eigenvalue weighted by Gasteiger charge is -2.14. The fourth-order valence-electron chi connectivity index (χ4n) is 2.78. The highest BCUT2D eigenvalue weighted by atomic mass is 16.1. The third-order valence-electron chi connectivity index (χ3n) is 4.12. The number of benzene rings is 3. The van der Waals surface area contributed by atoms with E-state index in [0.717, 1.165) is 22.4 Å². The Labute approximate surface area is 148 Å². The highest BCUT2D eigenvalue weighted by molar-refractivity contribution is 6.13. The first-order valence-electron chi connectivity index (χ1n) is 8.47. The average molecular weight is 327 g/mol. The van der Waals surface area contributed by atoms with Crippen molar-refractivity contribution in [2.45, 2.75) is 19.4 Å². The first-order chi connectivity index (χ1) is 12.2. The van der Waals surface area contributed by atoms with Crippen LogP contribution in [0.2, 0.25) is 0 Å². The van der Waals surface area contributed by atoms with Gasteiger partial charge in [-0.2, -0.15) is 0 Å². The largest absolute Gasteiger partial charge is 0.298 e. The molecular formula is C23H21NO. The molecule has 0 aliphatic carbocycles. The van der Waals surface area contributed by atoms with Crippen molar-refractivity contribution >= 4 is 11.5 Å². The SMILES string of the molecule is CC(=O)C(Cc1ccccc1)N=C(c1ccccc1)c1ccccc1. The maximum Gasteiger partial charge on any atom is 0.154 e. The van der Waals surface area contributed by atoms with Gasteiger partial charge in [-0.05, 0) is 12.5 Å². The summed E-state index contributed by atoms with van der Waals surface area (Å²) in [7, 11) is 0. The number of aliphatic imine (C=N–C) groups is 1. The Balaban J connectivity index is 2.02. The van der Waals surface area contributed by atoms with Crippen molar-refractivity contribution in [2.75, 3.05) is 0 Å². The zero-order valence-corrected chi connectivity index (χ0v) is 14.3. The van der Waals surface area contributed by atoms with E-state index in [9.17, 15) is 4.79 Å². The van der Waals surface area contributed by atoms with Gasteiger partial charge in [0.15, 0.2) is 5.78 Å². The van der Waals surface area contributed by atoms with Gasteiger partial charge in [0.25, 0.3) is 0 Å². The van der Waals surface area contributed by atoms with Gasteiger partial charge in [0.2, 0.25) is 0 Å². The maximum atomic E-state index is 12.2. The summed E-state index contributed by atoms with van der Waals surface area (Å²) in [6.45, 7) is 1.62. The molecule has 0 aliphatic heterocycles. The minimum Gasteiger partial charge on any atom is -0.298 e. The standard InChI is InChI=1S/C23H21NO/c1-18(25)22(17-19-11-5-2-6-12-19)24-23(20-13-7-3-8-14-20)21-15-9-4-10-16-21/h2-16,22H,17H2,1H3. The van der Waals surface area contributed by atoms with Crippen LogP contribution in [0, 0.1) is 0 Å². The lowest BCUT2D eigenvalue weighted by molar-refractivity contribution is -0.118. The molecule has 0 heterocycles. The molecule has 3 aromatic carbocycles. The van der Waals surface area contributed by atoms with Crippen molar-refractivity contribution < 1.29 is 4.79 Å². The van der Waals surface area contributed by atoms with Gasteiger partial charge in [-0.25, -0.2) is 0 Å². The topological polar surface area (TPSA) is 29.4 Å². The number of ketones is 1. The summed E-state index contributed by atoms with van der Waals surface area (Å²) in [6, 6.07) is 29.7. The summed E-state index contributed by atoms with van der Waals surface area (Å²) in [5.74, 6) is 0.0771. The van der Waals surface area contributed by atoms with Gasteiger partial charge in [-0.3, -0.25) is 9.79 Å². The molecule has 0 spiro atoms. The van der Waals surface area contributed by atoms with E-state index in [1.54, 1.807) is 6.92 Å². The molecule has 25 heavy (non-hydrogen) atoms. The lowest BCUT2D eigenvalue weighted by atomic mass is 9.99. The Morgan fingerprint density at radius 3 is 1.64 bits per heavy atom. The van der Waals surface area contributed by atoms with Crippen LogP contribution in [-0.2, 0) is 11.2 Å². The minimum absolute atomic E-state index is 0.0771. The van der Waals surface area contributed by atoms with E-state index >= 15 is 0 Å². The molecule has 0 fully saturated rings. The summed E-state index contributed by atoms with van der Waals surface area (Å²) in [4.78, 5) is 17.1. The number of Topliss-reactive ketones (excluding diaryl/α,β-unsaturated/α-hetero) is 1. The van der Waals surface area contributed by atoms with Crippen LogP contribution in [0.15, 0.2) is 96.0 Å². The quantitative estimate of drug-likeness (QED) is 0.602. The van der Waals surface area contributed by atoms with Gasteiger partial charge in [-0.15, -0.1) is 0 Å². The molecule has 1 atom stereocenters. The summed E-state index contributed by atoms with van der Waals surface area (Å²) < 4.78 is 0. The molecule has 3 rings (SSSR count). The van der Waals surface area contributed by atoms with Crippen LogP contribution in [0.5, 0.6) is 0 Å². The van der Waals surface area contributed by atoms with Crippen molar-refractivity contribution in [1.82, 2.24) is 0 Å². The predicted octanol–water partition coefficient (Wildman–Crippen LogP) is 4.72. The molecule has 0 N–H and O–H groups in total. The third-order valence-corrected chi connectivity index (χ3v) is 4.12. The number of rotatable bonds is 6. The first-order valence-corrected chi connectivity index (χ1v) is 8.47. The molecule has 0 saturated heterocycles. The summed E-state index contributed by atoms with van der Waals surface area (Å²) in [5, 5.41) is 0. The normalized spacial score (nSPS) is 11.6. The van der Waals surface area contributed by atoms with Gasteiger partial charge in [0.05, 0.1) is 5.71 Å². The minimum atomic E-state index is -0.391. The Morgan fingerprint density at radius 2 is 1.20 bits per heavy atom. The van der Waals surface area contributed by atoms with Gasteiger partial charge in [-0.1, -0.05) is 91.0 Å². The zero-order valence-electron chi connectivity index (χ0n) is 14.3. The molecule has 2 heteroatoms. The third kappa shape index (κ3) is 4.51. The number of hydrogen-bond donors (Lipinski definition) is 0. The second kappa shape index (κ2) is 8.20. The van der Waals surface area contributed by atoms with Crippen LogP contribution >= 0.6 is 0 Å². The molecule has 0 saturated carbocycles. The van der Waals surface area contributed by atoms with Crippen LogP contribution in [0.3, 0.4) is 0 Å². The van der Waals surface area contributed by atoms with E-state index in [0.29, 0.717) is 6.42 Å². The zero-order chi connectivity index (χ0) is 17.5. The number of hydrogen-bond acceptors (Lipinski definition) is 2. The van der Waals surface area contributed by atoms with E-state index in [1.807, 2.05) is 91.0 Å². The van der Waals surface area contributed by atoms with E-state index < -0.39 is 6.04 Å². The van der Waals surface area contributed by atoms with E-state index in [2.05, 4.69) is 0 Å². The van der Waals surface area contributed by atoms with Crippen molar-refractivity contribution in [3.8, 4) is 0 Å². The summed E-state index contributed by atoms with van der Waals surface area (Å²) in [5.41, 5.74) is 4.02. The van der Waals surface area contributed by atoms with Crippen molar-refractivity contribution in [3.05, 3.63) is 108 Å². The summed E-state index contributed by atoms with van der Waals surface area (Å²) in [6.07, 6.45) is 0.610. The van der Waals surface area contributed by atoms with Gasteiger partial charge in [0.1, 0.15) is 6.04 Å². The second-order valence-corrected chi connectivity index (χ2v) is 6.03. The Kier molecular flexibility index (Phi) is 5.53. The van der Waals surface area contributed by atoms with E-state index in [4.69, 9.17) is 4.99 Å². The molecule has 0 amide bonds. The van der Waals surface area contributed by atoms with Crippen LogP contribution < -0.4 is 0 Å². The molecule has 0 bridgehead atoms. The molecule has 0 radical (unpaired) electrons. The van der Waals surface area contributed by atoms with Crippen molar-refractivity contribution in [3.63, 3.8) is 0 Å². The van der Waals surface area contributed by atoms with Crippen LogP contribution in [0.4, 0.5) is 0 Å². The number of nitrogens with zero attached hydrogens (tertiary/aromatic N) is 1.